The molecule has 3 atom stereocenters. The number of piperidine rings is 1. The maximum Gasteiger partial charge on any atom is 0.206 e. The first kappa shape index (κ1) is 27.1. The van der Waals surface area contributed by atoms with Crippen molar-refractivity contribution in [2.45, 2.75) is 43.3 Å². The zero-order valence-electron chi connectivity index (χ0n) is 19.7. The van der Waals surface area contributed by atoms with Gasteiger partial charge in [0.15, 0.2) is 0 Å². The van der Waals surface area contributed by atoms with Gasteiger partial charge < -0.3 is 10.8 Å². The van der Waals surface area contributed by atoms with Crippen LogP contribution in [-0.2, 0) is 26.7 Å². The predicted octanol–water partition coefficient (Wildman–Crippen LogP) is 3.32. The highest BCUT2D eigenvalue weighted by Gasteiger charge is 2.31. The summed E-state index contributed by atoms with van der Waals surface area (Å²) in [4.78, 5) is 5.63. The molecule has 3 aromatic carbocycles. The van der Waals surface area contributed by atoms with Gasteiger partial charge in [-0.25, -0.2) is 4.21 Å². The average molecular weight is 500 g/mol. The molecule has 0 aromatic heterocycles. The Hall–Kier alpha value is -2.47. The van der Waals surface area contributed by atoms with Gasteiger partial charge in [0.1, 0.15) is 0 Å². The van der Waals surface area contributed by atoms with Gasteiger partial charge in [0.2, 0.25) is 11.1 Å². The maximum atomic E-state index is 12.9. The summed E-state index contributed by atoms with van der Waals surface area (Å²) in [6.07, 6.45) is 1.58. The van der Waals surface area contributed by atoms with Gasteiger partial charge in [-0.3, -0.25) is 10.0 Å². The van der Waals surface area contributed by atoms with Crippen LogP contribution in [0.5, 0.6) is 0 Å². The van der Waals surface area contributed by atoms with Crippen LogP contribution in [-0.4, -0.2) is 45.2 Å². The molecule has 0 saturated carbocycles. The average Bonchev–Trinajstić information content (AvgIpc) is 2.88. The molecule has 0 radical (unpaired) electrons. The lowest BCUT2D eigenvalue weighted by molar-refractivity contribution is -0.179. The monoisotopic (exact) mass is 499 g/mol. The van der Waals surface area contributed by atoms with Crippen molar-refractivity contribution in [1.82, 2.24) is 16.0 Å². The molecule has 9 heteroatoms. The molecule has 4 rings (SSSR count). The van der Waals surface area contributed by atoms with Gasteiger partial charge in [0.25, 0.3) is 0 Å². The molecule has 1 aliphatic heterocycles. The van der Waals surface area contributed by atoms with Crippen LogP contribution in [0.15, 0.2) is 83.8 Å². The lowest BCUT2D eigenvalue weighted by Crippen LogP contribution is -2.50. The van der Waals surface area contributed by atoms with Crippen molar-refractivity contribution in [3.8, 4) is 11.1 Å². The molecule has 0 spiro atoms. The number of nitrogens with one attached hydrogen (secondary N) is 2. The summed E-state index contributed by atoms with van der Waals surface area (Å²) in [5, 5.41) is 14.2. The first-order valence-corrected chi connectivity index (χ1v) is 12.5. The van der Waals surface area contributed by atoms with Crippen molar-refractivity contribution in [3.05, 3.63) is 90.0 Å². The van der Waals surface area contributed by atoms with Crippen LogP contribution in [0.1, 0.15) is 24.0 Å². The Morgan fingerprint density at radius 3 is 2.31 bits per heavy atom. The molecule has 8 nitrogen and oxygen atoms in total. The number of aryl methyl sites for hydroxylation is 1. The zero-order valence-corrected chi connectivity index (χ0v) is 20.5. The van der Waals surface area contributed by atoms with Gasteiger partial charge in [-0.1, -0.05) is 77.9 Å². The van der Waals surface area contributed by atoms with E-state index >= 15 is 0 Å². The summed E-state index contributed by atoms with van der Waals surface area (Å²) in [6, 6.07) is 26.2. The van der Waals surface area contributed by atoms with Crippen LogP contribution < -0.4 is 11.0 Å². The highest BCUT2D eigenvalue weighted by atomic mass is 32.2. The molecule has 3 aromatic rings. The lowest BCUT2D eigenvalue weighted by Gasteiger charge is -2.37. The van der Waals surface area contributed by atoms with Gasteiger partial charge >= 0.3 is 0 Å². The summed E-state index contributed by atoms with van der Waals surface area (Å²) in [5.74, 6) is 0. The largest absolute Gasteiger partial charge is 0.412 e. The van der Waals surface area contributed by atoms with E-state index in [0.717, 1.165) is 30.5 Å². The van der Waals surface area contributed by atoms with E-state index in [1.54, 1.807) is 10.7 Å². The number of hydrogen-bond acceptors (Lipinski definition) is 7. The van der Waals surface area contributed by atoms with Crippen LogP contribution in [0.3, 0.4) is 0 Å². The molecule has 188 valence electrons. The van der Waals surface area contributed by atoms with Crippen molar-refractivity contribution in [2.75, 3.05) is 13.2 Å². The SMILES string of the molecule is Cc1ccc(-c2ccc(S(=O)ON3CCC(NCc4ccccc4)CC3CONO)cc2)cc1.O. The quantitative estimate of drug-likeness (QED) is 0.367. The summed E-state index contributed by atoms with van der Waals surface area (Å²) < 4.78 is 18.8. The Morgan fingerprint density at radius 2 is 1.66 bits per heavy atom. The molecule has 1 aliphatic rings. The number of benzene rings is 3. The molecular formula is C26H33N3O5S. The second kappa shape index (κ2) is 13.6. The van der Waals surface area contributed by atoms with Crippen LogP contribution in [0, 0.1) is 6.92 Å². The molecule has 1 fully saturated rings. The summed E-state index contributed by atoms with van der Waals surface area (Å²) >= 11 is -1.65. The highest BCUT2D eigenvalue weighted by molar-refractivity contribution is 7.80. The zero-order chi connectivity index (χ0) is 23.8. The third kappa shape index (κ3) is 7.76. The Balaban J connectivity index is 0.00000342. The second-order valence-electron chi connectivity index (χ2n) is 8.48. The Bertz CT molecular complexity index is 1050. The fourth-order valence-corrected chi connectivity index (χ4v) is 4.90. The van der Waals surface area contributed by atoms with Crippen molar-refractivity contribution < 1.29 is 24.0 Å². The number of nitrogens with zero attached hydrogens (tertiary/aromatic N) is 1. The highest BCUT2D eigenvalue weighted by Crippen LogP contribution is 2.24. The molecular weight excluding hydrogens is 466 g/mol. The third-order valence-electron chi connectivity index (χ3n) is 6.03. The fourth-order valence-electron chi connectivity index (χ4n) is 4.09. The molecule has 0 amide bonds. The van der Waals surface area contributed by atoms with Crippen molar-refractivity contribution in [1.29, 1.82) is 0 Å². The molecule has 0 bridgehead atoms. The molecule has 5 N–H and O–H groups in total. The van der Waals surface area contributed by atoms with E-state index in [2.05, 4.69) is 48.6 Å². The Kier molecular flexibility index (Phi) is 10.5. The molecule has 1 heterocycles. The van der Waals surface area contributed by atoms with Gasteiger partial charge in [-0.05, 0) is 48.6 Å². The van der Waals surface area contributed by atoms with Gasteiger partial charge in [-0.15, -0.1) is 0 Å². The smallest absolute Gasteiger partial charge is 0.206 e. The molecule has 3 unspecified atom stereocenters. The lowest BCUT2D eigenvalue weighted by atomic mass is 9.99. The van der Waals surface area contributed by atoms with Crippen molar-refractivity contribution in [3.63, 3.8) is 0 Å². The van der Waals surface area contributed by atoms with Gasteiger partial charge in [0.05, 0.1) is 17.5 Å². The minimum absolute atomic E-state index is 0. The minimum atomic E-state index is -1.65. The molecule has 35 heavy (non-hydrogen) atoms. The third-order valence-corrected chi connectivity index (χ3v) is 7.02. The number of hydrogen-bond donors (Lipinski definition) is 3. The van der Waals surface area contributed by atoms with Crippen LogP contribution >= 0.6 is 0 Å². The second-order valence-corrected chi connectivity index (χ2v) is 9.57. The first-order chi connectivity index (χ1) is 16.6. The van der Waals surface area contributed by atoms with E-state index in [-0.39, 0.29) is 24.2 Å². The predicted molar refractivity (Wildman–Crippen MR) is 135 cm³/mol. The summed E-state index contributed by atoms with van der Waals surface area (Å²) in [5.41, 5.74) is 6.35. The number of rotatable bonds is 10. The van der Waals surface area contributed by atoms with Crippen LogP contribution in [0.25, 0.3) is 11.1 Å². The van der Waals surface area contributed by atoms with E-state index in [4.69, 9.17) is 14.3 Å². The summed E-state index contributed by atoms with van der Waals surface area (Å²) in [6.45, 7) is 3.63. The fraction of sp³-hybridized carbons (Fsp3) is 0.308. The van der Waals surface area contributed by atoms with Crippen LogP contribution in [0.4, 0.5) is 0 Å². The van der Waals surface area contributed by atoms with Crippen molar-refractivity contribution in [2.24, 2.45) is 0 Å². The Morgan fingerprint density at radius 1 is 1.00 bits per heavy atom. The maximum absolute atomic E-state index is 12.9. The van der Waals surface area contributed by atoms with Gasteiger partial charge in [-0.2, -0.15) is 9.35 Å². The van der Waals surface area contributed by atoms with Crippen molar-refractivity contribution >= 4 is 11.1 Å². The molecule has 0 aliphatic carbocycles. The van der Waals surface area contributed by atoms with E-state index in [1.807, 2.05) is 42.5 Å². The Labute approximate surface area is 208 Å². The van der Waals surface area contributed by atoms with E-state index < -0.39 is 11.1 Å². The van der Waals surface area contributed by atoms with E-state index in [1.165, 1.54) is 11.1 Å². The molecule has 1 saturated heterocycles. The van der Waals surface area contributed by atoms with E-state index in [0.29, 0.717) is 11.4 Å². The normalized spacial score (nSPS) is 19.1. The van der Waals surface area contributed by atoms with Crippen LogP contribution in [0.2, 0.25) is 0 Å². The van der Waals surface area contributed by atoms with E-state index in [9.17, 15) is 4.21 Å². The number of hydroxylamine groups is 2. The summed E-state index contributed by atoms with van der Waals surface area (Å²) in [7, 11) is 0. The minimum Gasteiger partial charge on any atom is -0.412 e. The standard InChI is InChI=1S/C26H31N3O4S.H2O/c1-20-7-9-22(10-8-20)23-11-13-26(14-12-23)34(31)33-29-16-15-24(17-25(29)19-32-28-30)27-18-21-5-3-2-4-6-21;/h2-14,24-25,27-28,30H,15-19H2,1H3;1H2. The topological polar surface area (TPSA) is 115 Å². The first-order valence-electron chi connectivity index (χ1n) is 11.4. The van der Waals surface area contributed by atoms with Gasteiger partial charge in [0, 0.05) is 19.1 Å².